The highest BCUT2D eigenvalue weighted by Crippen LogP contribution is 2.72. The Labute approximate surface area is 196 Å². The Kier molecular flexibility index (Phi) is 5.32. The van der Waals surface area contributed by atoms with E-state index in [0.717, 1.165) is 31.8 Å². The van der Waals surface area contributed by atoms with Crippen molar-refractivity contribution < 1.29 is 14.2 Å². The summed E-state index contributed by atoms with van der Waals surface area (Å²) in [5.74, 6) is 1.94. The van der Waals surface area contributed by atoms with Crippen molar-refractivity contribution in [1.82, 2.24) is 0 Å². The molecule has 3 nitrogen and oxygen atoms in total. The van der Waals surface area contributed by atoms with Gasteiger partial charge >= 0.3 is 0 Å². The van der Waals surface area contributed by atoms with Gasteiger partial charge in [0.05, 0.1) is 32.5 Å². The van der Waals surface area contributed by atoms with Gasteiger partial charge in [0.15, 0.2) is 0 Å². The lowest BCUT2D eigenvalue weighted by atomic mass is 9.83. The highest BCUT2D eigenvalue weighted by atomic mass is 16.5. The fourth-order valence-corrected chi connectivity index (χ4v) is 5.65. The van der Waals surface area contributed by atoms with Crippen molar-refractivity contribution in [3.63, 3.8) is 0 Å². The summed E-state index contributed by atoms with van der Waals surface area (Å²) in [6, 6.07) is 29.7. The van der Waals surface area contributed by atoms with Gasteiger partial charge in [0.1, 0.15) is 5.75 Å². The molecule has 1 aliphatic heterocycles. The average Bonchev–Trinajstić information content (AvgIpc) is 3.76. The molecule has 0 bridgehead atoms. The summed E-state index contributed by atoms with van der Waals surface area (Å²) in [6.07, 6.45) is 4.70. The van der Waals surface area contributed by atoms with Crippen LogP contribution in [0.2, 0.25) is 0 Å². The number of hydrogen-bond acceptors (Lipinski definition) is 3. The van der Waals surface area contributed by atoms with E-state index in [4.69, 9.17) is 14.2 Å². The Bertz CT molecular complexity index is 1120. The maximum Gasteiger partial charge on any atom is 0.118 e. The van der Waals surface area contributed by atoms with Gasteiger partial charge in [-0.15, -0.1) is 0 Å². The Balaban J connectivity index is 1.24. The van der Waals surface area contributed by atoms with Crippen LogP contribution in [-0.4, -0.2) is 20.3 Å². The van der Waals surface area contributed by atoms with Crippen LogP contribution in [-0.2, 0) is 9.47 Å². The molecule has 2 saturated carbocycles. The van der Waals surface area contributed by atoms with E-state index >= 15 is 0 Å². The van der Waals surface area contributed by atoms with Gasteiger partial charge < -0.3 is 14.2 Å². The molecule has 33 heavy (non-hydrogen) atoms. The molecule has 0 N–H and O–H groups in total. The molecule has 3 aromatic carbocycles. The van der Waals surface area contributed by atoms with Gasteiger partial charge in [-0.3, -0.25) is 0 Å². The molecule has 0 aromatic heterocycles. The fourth-order valence-electron chi connectivity index (χ4n) is 5.65. The summed E-state index contributed by atoms with van der Waals surface area (Å²) in [5.41, 5.74) is 5.26. The lowest BCUT2D eigenvalue weighted by Crippen LogP contribution is -2.25. The minimum atomic E-state index is 0.00807. The van der Waals surface area contributed by atoms with Crippen LogP contribution in [0, 0.1) is 17.3 Å². The average molecular weight is 439 g/mol. The van der Waals surface area contributed by atoms with Gasteiger partial charge in [-0.1, -0.05) is 84.4 Å². The predicted octanol–water partition coefficient (Wildman–Crippen LogP) is 6.63. The van der Waals surface area contributed by atoms with E-state index in [2.05, 4.69) is 78.9 Å². The minimum Gasteiger partial charge on any atom is -0.497 e. The first-order valence-corrected chi connectivity index (χ1v) is 12.0. The molecule has 0 amide bonds. The lowest BCUT2D eigenvalue weighted by Gasteiger charge is -2.32. The quantitative estimate of drug-likeness (QED) is 0.395. The van der Waals surface area contributed by atoms with Gasteiger partial charge in [-0.05, 0) is 47.6 Å². The summed E-state index contributed by atoms with van der Waals surface area (Å²) >= 11 is 0. The standard InChI is InChI=1S/C30H30O3/c1-31-27-14-12-23(13-15-27)29-30(18-26(30)20-33-29)28(22-10-6-3-7-11-22)32-19-25-17-24(25)16-21-8-4-2-5-9-21/h2-16,25-26,28-29H,17-20H2,1H3/b24-16+/t25?,26?,28-,29+,30?/m0/s1. The number of benzene rings is 3. The minimum absolute atomic E-state index is 0.00807. The van der Waals surface area contributed by atoms with E-state index < -0.39 is 0 Å². The molecular formula is C30H30O3. The molecule has 3 heteroatoms. The monoisotopic (exact) mass is 438 g/mol. The van der Waals surface area contributed by atoms with Crippen molar-refractivity contribution in [2.45, 2.75) is 25.0 Å². The van der Waals surface area contributed by atoms with Crippen molar-refractivity contribution in [2.75, 3.05) is 20.3 Å². The van der Waals surface area contributed by atoms with Crippen molar-refractivity contribution in [2.24, 2.45) is 17.3 Å². The number of hydrogen-bond donors (Lipinski definition) is 0. The molecule has 5 atom stereocenters. The molecule has 6 rings (SSSR count). The van der Waals surface area contributed by atoms with Crippen molar-refractivity contribution in [3.05, 3.63) is 107 Å². The third-order valence-corrected chi connectivity index (χ3v) is 7.62. The Hall–Kier alpha value is -2.88. The molecule has 3 unspecified atom stereocenters. The van der Waals surface area contributed by atoms with E-state index in [1.165, 1.54) is 22.3 Å². The highest BCUT2D eigenvalue weighted by Gasteiger charge is 2.69. The molecule has 1 saturated heterocycles. The van der Waals surface area contributed by atoms with E-state index in [9.17, 15) is 0 Å². The zero-order valence-corrected chi connectivity index (χ0v) is 19.0. The molecule has 0 radical (unpaired) electrons. The van der Waals surface area contributed by atoms with Crippen LogP contribution in [0.25, 0.3) is 6.08 Å². The van der Waals surface area contributed by atoms with Crippen LogP contribution in [0.3, 0.4) is 0 Å². The van der Waals surface area contributed by atoms with Crippen LogP contribution >= 0.6 is 0 Å². The zero-order chi connectivity index (χ0) is 22.3. The summed E-state index contributed by atoms with van der Waals surface area (Å²) in [7, 11) is 1.71. The topological polar surface area (TPSA) is 27.7 Å². The summed E-state index contributed by atoms with van der Waals surface area (Å²) < 4.78 is 18.5. The van der Waals surface area contributed by atoms with Gasteiger partial charge in [0.25, 0.3) is 0 Å². The smallest absolute Gasteiger partial charge is 0.118 e. The second-order valence-corrected chi connectivity index (χ2v) is 9.65. The van der Waals surface area contributed by atoms with Gasteiger partial charge in [0.2, 0.25) is 0 Å². The van der Waals surface area contributed by atoms with Crippen LogP contribution in [0.15, 0.2) is 90.5 Å². The molecule has 3 fully saturated rings. The SMILES string of the molecule is COc1ccc([C@H]2OCC3CC32[C@@H](OCC2C/C2=C\c2ccccc2)c2ccccc2)cc1. The Morgan fingerprint density at radius 3 is 2.39 bits per heavy atom. The third-order valence-electron chi connectivity index (χ3n) is 7.62. The lowest BCUT2D eigenvalue weighted by molar-refractivity contribution is -0.0530. The van der Waals surface area contributed by atoms with Crippen molar-refractivity contribution in [1.29, 1.82) is 0 Å². The van der Waals surface area contributed by atoms with Crippen molar-refractivity contribution in [3.8, 4) is 5.75 Å². The van der Waals surface area contributed by atoms with Crippen LogP contribution in [0.1, 0.15) is 41.7 Å². The van der Waals surface area contributed by atoms with E-state index in [0.29, 0.717) is 11.8 Å². The Morgan fingerprint density at radius 2 is 1.70 bits per heavy atom. The maximum atomic E-state index is 6.80. The van der Waals surface area contributed by atoms with Crippen molar-refractivity contribution >= 4 is 6.08 Å². The summed E-state index contributed by atoms with van der Waals surface area (Å²) in [4.78, 5) is 0. The van der Waals surface area contributed by atoms with E-state index in [1.54, 1.807) is 7.11 Å². The molecule has 0 spiro atoms. The predicted molar refractivity (Wildman–Crippen MR) is 130 cm³/mol. The summed E-state index contributed by atoms with van der Waals surface area (Å²) in [5, 5.41) is 0. The van der Waals surface area contributed by atoms with Gasteiger partial charge in [-0.25, -0.2) is 0 Å². The first kappa shape index (κ1) is 20.7. The number of ether oxygens (including phenoxy) is 3. The third kappa shape index (κ3) is 3.90. The first-order chi connectivity index (χ1) is 16.3. The molecule has 3 aromatic rings. The van der Waals surface area contributed by atoms with E-state index in [1.807, 2.05) is 12.1 Å². The van der Waals surface area contributed by atoms with Crippen LogP contribution in [0.4, 0.5) is 0 Å². The molecule has 168 valence electrons. The van der Waals surface area contributed by atoms with Crippen LogP contribution in [0.5, 0.6) is 5.75 Å². The molecule has 2 aliphatic carbocycles. The van der Waals surface area contributed by atoms with Crippen LogP contribution < -0.4 is 4.74 Å². The normalized spacial score (nSPS) is 29.5. The molecular weight excluding hydrogens is 408 g/mol. The molecule has 3 aliphatic rings. The largest absolute Gasteiger partial charge is 0.497 e. The van der Waals surface area contributed by atoms with Gasteiger partial charge in [0, 0.05) is 11.3 Å². The number of rotatable bonds is 8. The highest BCUT2D eigenvalue weighted by molar-refractivity contribution is 5.57. The maximum absolute atomic E-state index is 6.80. The zero-order valence-electron chi connectivity index (χ0n) is 19.0. The number of methoxy groups -OCH3 is 1. The second kappa shape index (κ2) is 8.48. The van der Waals surface area contributed by atoms with E-state index in [-0.39, 0.29) is 17.6 Å². The van der Waals surface area contributed by atoms with Gasteiger partial charge in [-0.2, -0.15) is 0 Å². The molecule has 1 heterocycles. The first-order valence-electron chi connectivity index (χ1n) is 12.0. The fraction of sp³-hybridized carbons (Fsp3) is 0.333. The second-order valence-electron chi connectivity index (χ2n) is 9.65. The summed E-state index contributed by atoms with van der Waals surface area (Å²) in [6.45, 7) is 1.58. The number of fused-ring (bicyclic) bond motifs is 1. The Morgan fingerprint density at radius 1 is 0.970 bits per heavy atom.